The van der Waals surface area contributed by atoms with E-state index in [0.717, 1.165) is 5.56 Å². The van der Waals surface area contributed by atoms with Crippen LogP contribution in [-0.4, -0.2) is 19.1 Å². The fourth-order valence-electron chi connectivity index (χ4n) is 2.55. The molecule has 0 aliphatic rings. The van der Waals surface area contributed by atoms with Gasteiger partial charge in [0.15, 0.2) is 11.5 Å². The topological polar surface area (TPSA) is 47.6 Å². The summed E-state index contributed by atoms with van der Waals surface area (Å²) in [6.45, 7) is 6.81. The van der Waals surface area contributed by atoms with Crippen molar-refractivity contribution in [1.29, 1.82) is 0 Å². The van der Waals surface area contributed by atoms with Crippen molar-refractivity contribution in [3.8, 4) is 11.5 Å². The average Bonchev–Trinajstić information content (AvgIpc) is 2.56. The molecule has 0 aliphatic heterocycles. The summed E-state index contributed by atoms with van der Waals surface area (Å²) in [6, 6.07) is 11.5. The predicted octanol–water partition coefficient (Wildman–Crippen LogP) is 4.04. The normalized spacial score (nSPS) is 11.7. The van der Waals surface area contributed by atoms with E-state index in [-0.39, 0.29) is 24.2 Å². The van der Waals surface area contributed by atoms with E-state index in [1.54, 1.807) is 12.1 Å². The van der Waals surface area contributed by atoms with Crippen molar-refractivity contribution in [1.82, 2.24) is 5.32 Å². The number of hydrogen-bond donors (Lipinski definition) is 1. The van der Waals surface area contributed by atoms with E-state index < -0.39 is 0 Å². The molecule has 0 aliphatic carbocycles. The van der Waals surface area contributed by atoms with Crippen LogP contribution in [0.15, 0.2) is 42.5 Å². The van der Waals surface area contributed by atoms with Crippen molar-refractivity contribution in [2.24, 2.45) is 0 Å². The third-order valence-electron chi connectivity index (χ3n) is 3.70. The molecule has 0 fully saturated rings. The summed E-state index contributed by atoms with van der Waals surface area (Å²) in [6.07, 6.45) is 0.136. The average molecular weight is 345 g/mol. The summed E-state index contributed by atoms with van der Waals surface area (Å²) in [5.74, 6) is 0.843. The molecule has 0 spiro atoms. The minimum absolute atomic E-state index is 0.136. The summed E-state index contributed by atoms with van der Waals surface area (Å²) in [5, 5.41) is 2.93. The van der Waals surface area contributed by atoms with Gasteiger partial charge >= 0.3 is 0 Å². The van der Waals surface area contributed by atoms with Crippen molar-refractivity contribution in [2.45, 2.75) is 33.2 Å². The van der Waals surface area contributed by atoms with Gasteiger partial charge < -0.3 is 14.8 Å². The molecule has 2 rings (SSSR count). The molecule has 0 bridgehead atoms. The van der Waals surface area contributed by atoms with Gasteiger partial charge in [0.1, 0.15) is 5.82 Å². The van der Waals surface area contributed by atoms with Gasteiger partial charge in [-0.05, 0) is 56.2 Å². The van der Waals surface area contributed by atoms with E-state index in [1.165, 1.54) is 12.1 Å². The van der Waals surface area contributed by atoms with Gasteiger partial charge in [-0.15, -0.1) is 0 Å². The van der Waals surface area contributed by atoms with Crippen molar-refractivity contribution in [3.05, 3.63) is 59.4 Å². The first-order valence-electron chi connectivity index (χ1n) is 8.46. The lowest BCUT2D eigenvalue weighted by atomic mass is 10.1. The fraction of sp³-hybridized carbons (Fsp3) is 0.350. The maximum atomic E-state index is 13.2. The number of ether oxygens (including phenoxy) is 2. The lowest BCUT2D eigenvalue weighted by molar-refractivity contribution is -0.121. The quantitative estimate of drug-likeness (QED) is 0.785. The lowest BCUT2D eigenvalue weighted by Gasteiger charge is -2.17. The molecular weight excluding hydrogens is 321 g/mol. The zero-order valence-corrected chi connectivity index (χ0v) is 14.8. The summed E-state index contributed by atoms with van der Waals surface area (Å²) in [7, 11) is 0. The Balaban J connectivity index is 2.05. The second kappa shape index (κ2) is 9.06. The highest BCUT2D eigenvalue weighted by Crippen LogP contribution is 2.30. The summed E-state index contributed by atoms with van der Waals surface area (Å²) in [4.78, 5) is 12.2. The second-order valence-corrected chi connectivity index (χ2v) is 5.67. The van der Waals surface area contributed by atoms with Crippen molar-refractivity contribution >= 4 is 5.91 Å². The Bertz CT molecular complexity index is 718. The summed E-state index contributed by atoms with van der Waals surface area (Å²) >= 11 is 0. The van der Waals surface area contributed by atoms with Crippen molar-refractivity contribution in [3.63, 3.8) is 0 Å². The molecule has 4 nitrogen and oxygen atoms in total. The molecule has 1 amide bonds. The molecule has 1 N–H and O–H groups in total. The molecule has 1 atom stereocenters. The number of rotatable bonds is 8. The third kappa shape index (κ3) is 5.48. The van der Waals surface area contributed by atoms with Crippen LogP contribution in [0.3, 0.4) is 0 Å². The van der Waals surface area contributed by atoms with Gasteiger partial charge in [-0.1, -0.05) is 18.2 Å². The Hall–Kier alpha value is -2.56. The molecule has 5 heteroatoms. The van der Waals surface area contributed by atoms with Gasteiger partial charge in [-0.25, -0.2) is 4.39 Å². The third-order valence-corrected chi connectivity index (χ3v) is 3.70. The molecule has 0 saturated heterocycles. The molecule has 0 saturated carbocycles. The standard InChI is InChI=1S/C20H24FNO3/c1-4-24-18-10-9-16(13-19(18)25-5-2)14(3)22-20(23)12-15-7-6-8-17(21)11-15/h6-11,13-14H,4-5,12H2,1-3H3,(H,22,23)/t14-/m0/s1. The Morgan fingerprint density at radius 2 is 1.80 bits per heavy atom. The van der Waals surface area contributed by atoms with Crippen LogP contribution in [0.25, 0.3) is 0 Å². The smallest absolute Gasteiger partial charge is 0.224 e. The molecular formula is C20H24FNO3. The molecule has 0 heterocycles. The number of carbonyl (C=O) groups excluding carboxylic acids is 1. The summed E-state index contributed by atoms with van der Waals surface area (Å²) < 4.78 is 24.4. The minimum Gasteiger partial charge on any atom is -0.490 e. The van der Waals surface area contributed by atoms with Gasteiger partial charge in [0, 0.05) is 0 Å². The van der Waals surface area contributed by atoms with E-state index in [0.29, 0.717) is 30.3 Å². The maximum absolute atomic E-state index is 13.2. The first-order valence-corrected chi connectivity index (χ1v) is 8.46. The van der Waals surface area contributed by atoms with Gasteiger partial charge in [-0.3, -0.25) is 4.79 Å². The number of hydrogen-bond acceptors (Lipinski definition) is 3. The van der Waals surface area contributed by atoms with Crippen LogP contribution in [0.2, 0.25) is 0 Å². The molecule has 2 aromatic rings. The molecule has 25 heavy (non-hydrogen) atoms. The lowest BCUT2D eigenvalue weighted by Crippen LogP contribution is -2.28. The van der Waals surface area contributed by atoms with E-state index in [2.05, 4.69) is 5.32 Å². The Morgan fingerprint density at radius 3 is 2.48 bits per heavy atom. The first-order chi connectivity index (χ1) is 12.0. The van der Waals surface area contributed by atoms with E-state index in [1.807, 2.05) is 39.0 Å². The van der Waals surface area contributed by atoms with E-state index in [9.17, 15) is 9.18 Å². The maximum Gasteiger partial charge on any atom is 0.224 e. The SMILES string of the molecule is CCOc1ccc([C@H](C)NC(=O)Cc2cccc(F)c2)cc1OCC. The second-order valence-electron chi connectivity index (χ2n) is 5.67. The fourth-order valence-corrected chi connectivity index (χ4v) is 2.55. The number of carbonyl (C=O) groups is 1. The Kier molecular flexibility index (Phi) is 6.81. The van der Waals surface area contributed by atoms with Crippen molar-refractivity contribution < 1.29 is 18.7 Å². The Morgan fingerprint density at radius 1 is 1.08 bits per heavy atom. The number of halogens is 1. The van der Waals surface area contributed by atoms with Gasteiger partial charge in [-0.2, -0.15) is 0 Å². The van der Waals surface area contributed by atoms with Crippen LogP contribution in [0.4, 0.5) is 4.39 Å². The van der Waals surface area contributed by atoms with E-state index in [4.69, 9.17) is 9.47 Å². The highest BCUT2D eigenvalue weighted by Gasteiger charge is 2.14. The largest absolute Gasteiger partial charge is 0.490 e. The van der Waals surface area contributed by atoms with Gasteiger partial charge in [0.25, 0.3) is 0 Å². The highest BCUT2D eigenvalue weighted by molar-refractivity contribution is 5.79. The molecule has 2 aromatic carbocycles. The van der Waals surface area contributed by atoms with Crippen LogP contribution < -0.4 is 14.8 Å². The monoisotopic (exact) mass is 345 g/mol. The number of amides is 1. The van der Waals surface area contributed by atoms with Crippen LogP contribution in [0.5, 0.6) is 11.5 Å². The molecule has 134 valence electrons. The van der Waals surface area contributed by atoms with E-state index >= 15 is 0 Å². The molecule has 0 radical (unpaired) electrons. The zero-order valence-electron chi connectivity index (χ0n) is 14.8. The van der Waals surface area contributed by atoms with Gasteiger partial charge in [0.2, 0.25) is 5.91 Å². The summed E-state index contributed by atoms with van der Waals surface area (Å²) in [5.41, 5.74) is 1.56. The Labute approximate surface area is 148 Å². The van der Waals surface area contributed by atoms with Gasteiger partial charge in [0.05, 0.1) is 25.7 Å². The number of benzene rings is 2. The first kappa shape index (κ1) is 18.8. The molecule has 0 unspecified atom stereocenters. The van der Waals surface area contributed by atoms with Crippen LogP contribution in [0.1, 0.15) is 37.9 Å². The predicted molar refractivity (Wildman–Crippen MR) is 95.4 cm³/mol. The van der Waals surface area contributed by atoms with Crippen molar-refractivity contribution in [2.75, 3.05) is 13.2 Å². The van der Waals surface area contributed by atoms with Crippen LogP contribution in [0, 0.1) is 5.82 Å². The highest BCUT2D eigenvalue weighted by atomic mass is 19.1. The molecule has 0 aromatic heterocycles. The minimum atomic E-state index is -0.341. The number of nitrogens with one attached hydrogen (secondary N) is 1. The zero-order chi connectivity index (χ0) is 18.2. The van der Waals surface area contributed by atoms with Crippen LogP contribution >= 0.6 is 0 Å². The van der Waals surface area contributed by atoms with Crippen LogP contribution in [-0.2, 0) is 11.2 Å².